The van der Waals surface area contributed by atoms with E-state index in [1.807, 2.05) is 0 Å². The van der Waals surface area contributed by atoms with Gasteiger partial charge in [-0.3, -0.25) is 4.79 Å². The molecule has 2 heterocycles. The molecule has 1 aromatic carbocycles. The number of piperidine rings is 1. The van der Waals surface area contributed by atoms with Gasteiger partial charge in [-0.05, 0) is 67.7 Å². The number of rotatable bonds is 4. The Morgan fingerprint density at radius 1 is 1.12 bits per heavy atom. The van der Waals surface area contributed by atoms with Crippen LogP contribution in [0.1, 0.15) is 76.5 Å². The van der Waals surface area contributed by atoms with E-state index in [1.54, 1.807) is 0 Å². The topological polar surface area (TPSA) is 32.3 Å². The highest BCUT2D eigenvalue weighted by Crippen LogP contribution is 2.34. The molecule has 1 atom stereocenters. The summed E-state index contributed by atoms with van der Waals surface area (Å²) in [7, 11) is 0. The predicted molar refractivity (Wildman–Crippen MR) is 104 cm³/mol. The van der Waals surface area contributed by atoms with Crippen molar-refractivity contribution in [2.45, 2.75) is 70.8 Å². The summed E-state index contributed by atoms with van der Waals surface area (Å²) in [4.78, 5) is 15.0. The van der Waals surface area contributed by atoms with Crippen molar-refractivity contribution >= 4 is 5.91 Å². The smallest absolute Gasteiger partial charge is 0.223 e. The van der Waals surface area contributed by atoms with Gasteiger partial charge >= 0.3 is 0 Å². The monoisotopic (exact) mass is 342 g/mol. The summed E-state index contributed by atoms with van der Waals surface area (Å²) in [6.07, 6.45) is 6.47. The molecule has 3 rings (SSSR count). The molecule has 0 bridgehead atoms. The van der Waals surface area contributed by atoms with Crippen molar-refractivity contribution in [3.8, 4) is 0 Å². The van der Waals surface area contributed by atoms with Crippen molar-refractivity contribution in [3.05, 3.63) is 35.4 Å². The number of carbonyl (C=O) groups is 1. The van der Waals surface area contributed by atoms with Gasteiger partial charge in [0.25, 0.3) is 0 Å². The molecule has 1 N–H and O–H groups in total. The Bertz CT molecular complexity index is 567. The van der Waals surface area contributed by atoms with Crippen LogP contribution in [0.2, 0.25) is 0 Å². The average Bonchev–Trinajstić information content (AvgIpc) is 3.10. The second-order valence-electron chi connectivity index (χ2n) is 8.85. The van der Waals surface area contributed by atoms with Gasteiger partial charge in [0.15, 0.2) is 0 Å². The quantitative estimate of drug-likeness (QED) is 0.878. The van der Waals surface area contributed by atoms with Gasteiger partial charge < -0.3 is 10.2 Å². The Balaban J connectivity index is 1.60. The first-order valence-electron chi connectivity index (χ1n) is 10.1. The molecule has 3 nitrogen and oxygen atoms in total. The third kappa shape index (κ3) is 4.63. The summed E-state index contributed by atoms with van der Waals surface area (Å²) in [5.74, 6) is 1.10. The summed E-state index contributed by atoms with van der Waals surface area (Å²) in [5.41, 5.74) is 2.84. The number of likely N-dealkylation sites (tertiary alicyclic amines) is 1. The third-order valence-electron chi connectivity index (χ3n) is 5.96. The van der Waals surface area contributed by atoms with Crippen molar-refractivity contribution in [2.75, 3.05) is 19.6 Å². The minimum Gasteiger partial charge on any atom is -0.336 e. The van der Waals surface area contributed by atoms with Gasteiger partial charge in [-0.25, -0.2) is 0 Å². The van der Waals surface area contributed by atoms with E-state index >= 15 is 0 Å². The zero-order chi connectivity index (χ0) is 17.9. The summed E-state index contributed by atoms with van der Waals surface area (Å²) in [6.45, 7) is 9.89. The number of hydrogen-bond acceptors (Lipinski definition) is 2. The van der Waals surface area contributed by atoms with E-state index in [9.17, 15) is 4.79 Å². The Hall–Kier alpha value is -1.35. The maximum absolute atomic E-state index is 12.8. The molecule has 0 saturated carbocycles. The van der Waals surface area contributed by atoms with Crippen LogP contribution in [0.5, 0.6) is 0 Å². The Morgan fingerprint density at radius 3 is 2.44 bits per heavy atom. The van der Waals surface area contributed by atoms with Crippen LogP contribution < -0.4 is 5.32 Å². The Labute approximate surface area is 153 Å². The predicted octanol–water partition coefficient (Wildman–Crippen LogP) is 4.43. The largest absolute Gasteiger partial charge is 0.336 e. The lowest BCUT2D eigenvalue weighted by Crippen LogP contribution is -2.32. The lowest BCUT2D eigenvalue weighted by Gasteiger charge is -2.28. The van der Waals surface area contributed by atoms with Crippen LogP contribution in [-0.2, 0) is 10.2 Å². The van der Waals surface area contributed by atoms with Gasteiger partial charge in [-0.1, -0.05) is 45.0 Å². The molecule has 0 spiro atoms. The molecule has 3 heteroatoms. The Kier molecular flexibility index (Phi) is 5.83. The normalized spacial score (nSPS) is 22.4. The minimum absolute atomic E-state index is 0.179. The lowest BCUT2D eigenvalue weighted by molar-refractivity contribution is -0.132. The van der Waals surface area contributed by atoms with Gasteiger partial charge in [-0.15, -0.1) is 0 Å². The standard InChI is InChI=1S/C22H34N2O/c1-22(2,3)19-9-7-18(8-10-19)20-5-4-16-24(20)21(25)11-6-17-12-14-23-15-13-17/h7-10,17,20,23H,4-6,11-16H2,1-3H3. The van der Waals surface area contributed by atoms with E-state index in [0.29, 0.717) is 5.91 Å². The maximum Gasteiger partial charge on any atom is 0.223 e. The van der Waals surface area contributed by atoms with Gasteiger partial charge in [0.05, 0.1) is 6.04 Å². The van der Waals surface area contributed by atoms with Crippen molar-refractivity contribution in [1.82, 2.24) is 10.2 Å². The summed E-state index contributed by atoms with van der Waals surface area (Å²) >= 11 is 0. The van der Waals surface area contributed by atoms with Crippen molar-refractivity contribution in [1.29, 1.82) is 0 Å². The second kappa shape index (κ2) is 7.90. The lowest BCUT2D eigenvalue weighted by atomic mass is 9.86. The molecular weight excluding hydrogens is 308 g/mol. The van der Waals surface area contributed by atoms with Crippen molar-refractivity contribution in [3.63, 3.8) is 0 Å². The number of amides is 1. The van der Waals surface area contributed by atoms with Crippen LogP contribution in [-0.4, -0.2) is 30.4 Å². The number of nitrogens with zero attached hydrogens (tertiary/aromatic N) is 1. The maximum atomic E-state index is 12.8. The summed E-state index contributed by atoms with van der Waals surface area (Å²) < 4.78 is 0. The number of nitrogens with one attached hydrogen (secondary N) is 1. The van der Waals surface area contributed by atoms with Gasteiger partial charge in [0, 0.05) is 13.0 Å². The van der Waals surface area contributed by atoms with Crippen LogP contribution in [0, 0.1) is 5.92 Å². The third-order valence-corrected chi connectivity index (χ3v) is 5.96. The number of benzene rings is 1. The molecule has 1 amide bonds. The second-order valence-corrected chi connectivity index (χ2v) is 8.85. The molecule has 25 heavy (non-hydrogen) atoms. The number of carbonyl (C=O) groups excluding carboxylic acids is 1. The van der Waals surface area contributed by atoms with Gasteiger partial charge in [0.2, 0.25) is 5.91 Å². The molecule has 138 valence electrons. The van der Waals surface area contributed by atoms with Crippen molar-refractivity contribution < 1.29 is 4.79 Å². The fraction of sp³-hybridized carbons (Fsp3) is 0.682. The summed E-state index contributed by atoms with van der Waals surface area (Å²) in [5, 5.41) is 3.41. The SMILES string of the molecule is CC(C)(C)c1ccc(C2CCCN2C(=O)CCC2CCNCC2)cc1. The first kappa shape index (κ1) is 18.4. The molecular formula is C22H34N2O. The zero-order valence-electron chi connectivity index (χ0n) is 16.2. The summed E-state index contributed by atoms with van der Waals surface area (Å²) in [6, 6.07) is 9.25. The van der Waals surface area contributed by atoms with E-state index in [2.05, 4.69) is 55.3 Å². The van der Waals surface area contributed by atoms with E-state index < -0.39 is 0 Å². The molecule has 0 aromatic heterocycles. The number of hydrogen-bond donors (Lipinski definition) is 1. The van der Waals surface area contributed by atoms with Crippen LogP contribution in [0.3, 0.4) is 0 Å². The fourth-order valence-corrected chi connectivity index (χ4v) is 4.26. The minimum atomic E-state index is 0.179. The molecule has 2 fully saturated rings. The van der Waals surface area contributed by atoms with Crippen molar-refractivity contribution in [2.24, 2.45) is 5.92 Å². The molecule has 1 aromatic rings. The van der Waals surface area contributed by atoms with Crippen LogP contribution in [0.15, 0.2) is 24.3 Å². The van der Waals surface area contributed by atoms with Crippen LogP contribution in [0.4, 0.5) is 0 Å². The first-order chi connectivity index (χ1) is 11.9. The molecule has 2 aliphatic rings. The average molecular weight is 343 g/mol. The molecule has 2 saturated heterocycles. The highest BCUT2D eigenvalue weighted by atomic mass is 16.2. The van der Waals surface area contributed by atoms with E-state index in [1.165, 1.54) is 24.0 Å². The molecule has 0 aliphatic carbocycles. The zero-order valence-corrected chi connectivity index (χ0v) is 16.2. The van der Waals surface area contributed by atoms with Crippen LogP contribution >= 0.6 is 0 Å². The highest BCUT2D eigenvalue weighted by molar-refractivity contribution is 5.77. The molecule has 0 radical (unpaired) electrons. The van der Waals surface area contributed by atoms with Crippen LogP contribution in [0.25, 0.3) is 0 Å². The first-order valence-corrected chi connectivity index (χ1v) is 10.1. The molecule has 1 unspecified atom stereocenters. The van der Waals surface area contributed by atoms with E-state index in [0.717, 1.165) is 51.2 Å². The fourth-order valence-electron chi connectivity index (χ4n) is 4.26. The van der Waals surface area contributed by atoms with E-state index in [4.69, 9.17) is 0 Å². The molecule has 2 aliphatic heterocycles. The van der Waals surface area contributed by atoms with E-state index in [-0.39, 0.29) is 11.5 Å². The highest BCUT2D eigenvalue weighted by Gasteiger charge is 2.30. The van der Waals surface area contributed by atoms with Gasteiger partial charge in [-0.2, -0.15) is 0 Å². The van der Waals surface area contributed by atoms with Gasteiger partial charge in [0.1, 0.15) is 0 Å². The Morgan fingerprint density at radius 2 is 1.80 bits per heavy atom.